The van der Waals surface area contributed by atoms with E-state index in [0.29, 0.717) is 12.0 Å². The van der Waals surface area contributed by atoms with Crippen LogP contribution in [0.15, 0.2) is 65.9 Å². The summed E-state index contributed by atoms with van der Waals surface area (Å²) in [6.45, 7) is 3.34. The van der Waals surface area contributed by atoms with Gasteiger partial charge in [0.2, 0.25) is 11.4 Å². The minimum Gasteiger partial charge on any atom is -0.466 e. The van der Waals surface area contributed by atoms with E-state index in [2.05, 4.69) is 0 Å². The number of rotatable bonds is 5. The van der Waals surface area contributed by atoms with Gasteiger partial charge in [0.15, 0.2) is 0 Å². The number of ether oxygens (including phenoxy) is 4. The van der Waals surface area contributed by atoms with Gasteiger partial charge in [-0.25, -0.2) is 19.3 Å². The SMILES string of the molecule is CCOC(=O)C1=C(C)N(C(=O)OCc2ccccc2)C23OC4(C(=O)OC)CC2Cc2ccccc2C1N3C4=O. The van der Waals surface area contributed by atoms with Crippen molar-refractivity contribution >= 4 is 23.9 Å². The first kappa shape index (κ1) is 25.1. The lowest BCUT2D eigenvalue weighted by Crippen LogP contribution is -2.68. The molecule has 0 saturated carbocycles. The summed E-state index contributed by atoms with van der Waals surface area (Å²) in [7, 11) is 1.19. The second-order valence-electron chi connectivity index (χ2n) is 10.1. The van der Waals surface area contributed by atoms with Gasteiger partial charge in [0.05, 0.1) is 25.3 Å². The molecule has 0 radical (unpaired) electrons. The van der Waals surface area contributed by atoms with Gasteiger partial charge in [-0.2, -0.15) is 0 Å². The number of carbonyl (C=O) groups is 4. The largest absolute Gasteiger partial charge is 0.466 e. The number of hydrogen-bond donors (Lipinski definition) is 0. The fraction of sp³-hybridized carbons (Fsp3) is 0.379. The molecule has 0 aliphatic carbocycles. The Hall–Kier alpha value is -4.18. The first-order valence-corrected chi connectivity index (χ1v) is 12.9. The molecule has 6 rings (SSSR count). The fourth-order valence-electron chi connectivity index (χ4n) is 6.55. The molecule has 2 aromatic carbocycles. The third-order valence-corrected chi connectivity index (χ3v) is 8.09. The van der Waals surface area contributed by atoms with E-state index in [1.165, 1.54) is 16.9 Å². The molecule has 4 atom stereocenters. The summed E-state index contributed by atoms with van der Waals surface area (Å²) in [4.78, 5) is 57.4. The van der Waals surface area contributed by atoms with Crippen molar-refractivity contribution in [3.8, 4) is 0 Å². The van der Waals surface area contributed by atoms with Gasteiger partial charge in [0.1, 0.15) is 6.61 Å². The van der Waals surface area contributed by atoms with Gasteiger partial charge in [-0.1, -0.05) is 54.6 Å². The molecule has 0 aromatic heterocycles. The quantitative estimate of drug-likeness (QED) is 0.328. The molecule has 2 amide bonds. The maximum atomic E-state index is 14.2. The number of amides is 2. The molecule has 1 spiro atoms. The molecule has 2 aromatic rings. The lowest BCUT2D eigenvalue weighted by Gasteiger charge is -2.52. The van der Waals surface area contributed by atoms with Gasteiger partial charge in [-0.15, -0.1) is 0 Å². The van der Waals surface area contributed by atoms with Crippen LogP contribution >= 0.6 is 0 Å². The number of hydrogen-bond acceptors (Lipinski definition) is 8. The Labute approximate surface area is 225 Å². The number of nitrogens with zero attached hydrogens (tertiary/aromatic N) is 2. The van der Waals surface area contributed by atoms with Gasteiger partial charge in [0.25, 0.3) is 5.91 Å². The van der Waals surface area contributed by atoms with Gasteiger partial charge in [0, 0.05) is 18.0 Å². The van der Waals surface area contributed by atoms with Gasteiger partial charge in [-0.3, -0.25) is 9.69 Å². The number of fused-ring (bicyclic) bond motifs is 3. The Morgan fingerprint density at radius 1 is 1.05 bits per heavy atom. The summed E-state index contributed by atoms with van der Waals surface area (Å²) in [6, 6.07) is 15.7. The number of methoxy groups -OCH3 is 1. The number of esters is 2. The first-order valence-electron chi connectivity index (χ1n) is 12.9. The summed E-state index contributed by atoms with van der Waals surface area (Å²) in [5.41, 5.74) is 0.745. The van der Waals surface area contributed by atoms with Crippen LogP contribution in [0, 0.1) is 5.92 Å². The molecule has 4 aliphatic heterocycles. The smallest absolute Gasteiger partial charge is 0.418 e. The Bertz CT molecular complexity index is 1420. The van der Waals surface area contributed by atoms with E-state index in [9.17, 15) is 19.2 Å². The summed E-state index contributed by atoms with van der Waals surface area (Å²) >= 11 is 0. The molecule has 202 valence electrons. The highest BCUT2D eigenvalue weighted by Crippen LogP contribution is 2.63. The van der Waals surface area contributed by atoms with Crippen LogP contribution in [0.5, 0.6) is 0 Å². The van der Waals surface area contributed by atoms with Crippen LogP contribution in [0.3, 0.4) is 0 Å². The zero-order valence-electron chi connectivity index (χ0n) is 21.8. The second-order valence-corrected chi connectivity index (χ2v) is 10.1. The predicted molar refractivity (Wildman–Crippen MR) is 134 cm³/mol. The third kappa shape index (κ3) is 3.30. The number of allylic oxidation sites excluding steroid dienone is 1. The first-order chi connectivity index (χ1) is 18.8. The van der Waals surface area contributed by atoms with Gasteiger partial charge >= 0.3 is 18.0 Å². The molecule has 2 saturated heterocycles. The van der Waals surface area contributed by atoms with Gasteiger partial charge in [-0.05, 0) is 37.0 Å². The van der Waals surface area contributed by atoms with E-state index < -0.39 is 47.3 Å². The highest BCUT2D eigenvalue weighted by atomic mass is 16.6. The third-order valence-electron chi connectivity index (χ3n) is 8.09. The maximum Gasteiger partial charge on any atom is 0.418 e. The van der Waals surface area contributed by atoms with Gasteiger partial charge < -0.3 is 18.9 Å². The molecular formula is C29H28N2O8. The Morgan fingerprint density at radius 2 is 1.77 bits per heavy atom. The molecule has 0 N–H and O–H groups in total. The van der Waals surface area contributed by atoms with Crippen molar-refractivity contribution in [1.82, 2.24) is 9.80 Å². The molecule has 4 unspecified atom stereocenters. The molecule has 3 bridgehead atoms. The minimum atomic E-state index is -1.96. The van der Waals surface area contributed by atoms with Crippen LogP contribution in [0.25, 0.3) is 0 Å². The highest BCUT2D eigenvalue weighted by Gasteiger charge is 2.81. The van der Waals surface area contributed by atoms with E-state index >= 15 is 0 Å². The van der Waals surface area contributed by atoms with E-state index in [-0.39, 0.29) is 30.9 Å². The average molecular weight is 533 g/mol. The summed E-state index contributed by atoms with van der Waals surface area (Å²) in [6.07, 6.45) is -0.408. The number of benzene rings is 2. The number of carbonyl (C=O) groups excluding carboxylic acids is 4. The minimum absolute atomic E-state index is 0.0144. The van der Waals surface area contributed by atoms with E-state index in [0.717, 1.165) is 11.1 Å². The van der Waals surface area contributed by atoms with Crippen LogP contribution < -0.4 is 0 Å². The maximum absolute atomic E-state index is 14.2. The molecule has 10 nitrogen and oxygen atoms in total. The molecule has 4 heterocycles. The average Bonchev–Trinajstić information content (AvgIpc) is 3.38. The van der Waals surface area contributed by atoms with Crippen molar-refractivity contribution in [3.63, 3.8) is 0 Å². The zero-order chi connectivity index (χ0) is 27.5. The van der Waals surface area contributed by atoms with Crippen molar-refractivity contribution in [1.29, 1.82) is 0 Å². The summed E-state index contributed by atoms with van der Waals surface area (Å²) in [5, 5.41) is 0. The predicted octanol–water partition coefficient (Wildman–Crippen LogP) is 3.22. The van der Waals surface area contributed by atoms with Crippen molar-refractivity contribution in [2.24, 2.45) is 5.92 Å². The van der Waals surface area contributed by atoms with Crippen molar-refractivity contribution < 1.29 is 38.1 Å². The highest BCUT2D eigenvalue weighted by molar-refractivity contribution is 6.10. The Kier molecular flexibility index (Phi) is 5.76. The molecule has 10 heteroatoms. The van der Waals surface area contributed by atoms with E-state index in [4.69, 9.17) is 18.9 Å². The normalized spacial score (nSPS) is 28.1. The van der Waals surface area contributed by atoms with E-state index in [1.807, 2.05) is 54.6 Å². The second kappa shape index (κ2) is 8.94. The number of piperidine rings is 1. The van der Waals surface area contributed by atoms with Crippen molar-refractivity contribution in [2.75, 3.05) is 13.7 Å². The van der Waals surface area contributed by atoms with Crippen LogP contribution in [-0.2, 0) is 46.4 Å². The summed E-state index contributed by atoms with van der Waals surface area (Å²) < 4.78 is 22.6. The fourth-order valence-corrected chi connectivity index (χ4v) is 6.55. The summed E-state index contributed by atoms with van der Waals surface area (Å²) in [5.74, 6) is -4.40. The Morgan fingerprint density at radius 3 is 2.49 bits per heavy atom. The van der Waals surface area contributed by atoms with Crippen molar-refractivity contribution in [2.45, 2.75) is 50.8 Å². The van der Waals surface area contributed by atoms with Crippen LogP contribution in [0.2, 0.25) is 0 Å². The van der Waals surface area contributed by atoms with Crippen LogP contribution in [0.1, 0.15) is 43.0 Å². The van der Waals surface area contributed by atoms with E-state index in [1.54, 1.807) is 13.8 Å². The van der Waals surface area contributed by atoms with Crippen LogP contribution in [0.4, 0.5) is 4.79 Å². The van der Waals surface area contributed by atoms with Crippen LogP contribution in [-0.4, -0.2) is 58.9 Å². The lowest BCUT2D eigenvalue weighted by molar-refractivity contribution is -0.213. The zero-order valence-corrected chi connectivity index (χ0v) is 21.8. The topological polar surface area (TPSA) is 112 Å². The monoisotopic (exact) mass is 532 g/mol. The van der Waals surface area contributed by atoms with Crippen molar-refractivity contribution in [3.05, 3.63) is 82.6 Å². The Balaban J connectivity index is 1.57. The molecule has 39 heavy (non-hydrogen) atoms. The lowest BCUT2D eigenvalue weighted by atomic mass is 9.81. The molecule has 2 fully saturated rings. The molecule has 4 aliphatic rings. The molecular weight excluding hydrogens is 504 g/mol. The standard InChI is InChI=1S/C29H28N2O8/c1-4-37-24(32)22-17(2)30(27(35)38-16-18-10-6-5-7-11-18)29-20-14-19-12-8-9-13-21(19)23(22)31(29)25(33)28(15-20,39-29)26(34)36-3/h5-13,20,23H,4,14-16H2,1-3H3.